The molecular formula is C20H20. The molecule has 20 heavy (non-hydrogen) atoms. The van der Waals surface area contributed by atoms with Crippen molar-refractivity contribution in [2.24, 2.45) is 5.92 Å². The van der Waals surface area contributed by atoms with Crippen molar-refractivity contribution in [2.75, 3.05) is 0 Å². The number of rotatable bonds is 1. The van der Waals surface area contributed by atoms with E-state index in [4.69, 9.17) is 0 Å². The minimum atomic E-state index is 0.603. The average Bonchev–Trinajstić information content (AvgIpc) is 2.54. The van der Waals surface area contributed by atoms with Gasteiger partial charge in [-0.2, -0.15) is 0 Å². The molecule has 0 fully saturated rings. The molecule has 2 radical (unpaired) electrons. The van der Waals surface area contributed by atoms with E-state index < -0.39 is 0 Å². The van der Waals surface area contributed by atoms with Gasteiger partial charge in [0.2, 0.25) is 0 Å². The lowest BCUT2D eigenvalue weighted by molar-refractivity contribution is 0.393. The van der Waals surface area contributed by atoms with E-state index in [0.717, 1.165) is 0 Å². The number of aryl methyl sites for hydroxylation is 2. The van der Waals surface area contributed by atoms with Gasteiger partial charge in [0.15, 0.2) is 0 Å². The van der Waals surface area contributed by atoms with E-state index in [0.29, 0.717) is 11.8 Å². The monoisotopic (exact) mass is 260 g/mol. The maximum Gasteiger partial charge on any atom is 0.0207 e. The van der Waals surface area contributed by atoms with Gasteiger partial charge in [-0.25, -0.2) is 0 Å². The van der Waals surface area contributed by atoms with Gasteiger partial charge < -0.3 is 0 Å². The Morgan fingerprint density at radius 1 is 0.800 bits per heavy atom. The van der Waals surface area contributed by atoms with Crippen molar-refractivity contribution in [1.82, 2.24) is 0 Å². The van der Waals surface area contributed by atoms with Crippen molar-refractivity contribution in [3.05, 3.63) is 77.2 Å². The maximum atomic E-state index is 3.81. The van der Waals surface area contributed by atoms with Gasteiger partial charge in [0.1, 0.15) is 0 Å². The molecular weight excluding hydrogens is 240 g/mol. The molecule has 0 heterocycles. The van der Waals surface area contributed by atoms with Crippen LogP contribution in [0.5, 0.6) is 0 Å². The Morgan fingerprint density at radius 3 is 2.55 bits per heavy atom. The van der Waals surface area contributed by atoms with Crippen LogP contribution in [-0.4, -0.2) is 0 Å². The summed E-state index contributed by atoms with van der Waals surface area (Å²) in [5.41, 5.74) is 6.00. The molecule has 0 aromatic heterocycles. The molecule has 2 aliphatic carbocycles. The Balaban J connectivity index is 1.64. The molecule has 100 valence electrons. The highest BCUT2D eigenvalue weighted by molar-refractivity contribution is 5.40. The highest BCUT2D eigenvalue weighted by atomic mass is 14.3. The van der Waals surface area contributed by atoms with Crippen molar-refractivity contribution < 1.29 is 0 Å². The summed E-state index contributed by atoms with van der Waals surface area (Å²) >= 11 is 0. The Hall–Kier alpha value is -1.56. The highest BCUT2D eigenvalue weighted by Crippen LogP contribution is 2.43. The first-order valence-electron chi connectivity index (χ1n) is 7.84. The molecule has 2 atom stereocenters. The van der Waals surface area contributed by atoms with Gasteiger partial charge in [0.05, 0.1) is 0 Å². The normalized spacial score (nSPS) is 24.8. The van der Waals surface area contributed by atoms with Crippen LogP contribution < -0.4 is 0 Å². The fraction of sp³-hybridized carbons (Fsp3) is 0.350. The zero-order chi connectivity index (χ0) is 13.4. The summed E-state index contributed by atoms with van der Waals surface area (Å²) in [4.78, 5) is 0. The van der Waals surface area contributed by atoms with Crippen LogP contribution in [0.1, 0.15) is 47.4 Å². The lowest BCUT2D eigenvalue weighted by Gasteiger charge is -2.35. The summed E-state index contributed by atoms with van der Waals surface area (Å²) in [5.74, 6) is 1.29. The van der Waals surface area contributed by atoms with Crippen molar-refractivity contribution in [2.45, 2.75) is 38.0 Å². The molecule has 2 unspecified atom stereocenters. The zero-order valence-corrected chi connectivity index (χ0v) is 11.8. The Morgan fingerprint density at radius 2 is 1.60 bits per heavy atom. The molecule has 0 spiro atoms. The predicted octanol–water partition coefficient (Wildman–Crippen LogP) is 4.80. The van der Waals surface area contributed by atoms with Crippen LogP contribution >= 0.6 is 0 Å². The van der Waals surface area contributed by atoms with Crippen molar-refractivity contribution in [3.63, 3.8) is 0 Å². The topological polar surface area (TPSA) is 0 Å². The van der Waals surface area contributed by atoms with Crippen LogP contribution in [-0.2, 0) is 12.8 Å². The average molecular weight is 260 g/mol. The fourth-order valence-electron chi connectivity index (χ4n) is 3.97. The second-order valence-corrected chi connectivity index (χ2v) is 6.14. The Bertz CT molecular complexity index is 611. The van der Waals surface area contributed by atoms with Crippen molar-refractivity contribution in [3.8, 4) is 0 Å². The highest BCUT2D eigenvalue weighted by Gasteiger charge is 2.30. The predicted molar refractivity (Wildman–Crippen MR) is 82.7 cm³/mol. The SMILES string of the molecule is [C]1c2ccccc2CCC1C1CCCc2ccccc21. The minimum Gasteiger partial charge on any atom is -0.0620 e. The zero-order valence-electron chi connectivity index (χ0n) is 11.8. The van der Waals surface area contributed by atoms with Crippen molar-refractivity contribution in [1.29, 1.82) is 0 Å². The summed E-state index contributed by atoms with van der Waals surface area (Å²) in [5, 5.41) is 0. The number of benzene rings is 2. The fourth-order valence-corrected chi connectivity index (χ4v) is 3.97. The maximum absolute atomic E-state index is 3.81. The molecule has 0 aliphatic heterocycles. The molecule has 0 saturated heterocycles. The lowest BCUT2D eigenvalue weighted by Crippen LogP contribution is -2.23. The molecule has 0 nitrogen and oxygen atoms in total. The van der Waals surface area contributed by atoms with Crippen LogP contribution in [0, 0.1) is 12.3 Å². The Kier molecular flexibility index (Phi) is 3.10. The summed E-state index contributed by atoms with van der Waals surface area (Å²) in [6.45, 7) is 0. The lowest BCUT2D eigenvalue weighted by atomic mass is 9.69. The van der Waals surface area contributed by atoms with Gasteiger partial charge in [-0.15, -0.1) is 0 Å². The molecule has 2 aromatic carbocycles. The third-order valence-corrected chi connectivity index (χ3v) is 4.98. The first-order chi connectivity index (χ1) is 9.92. The summed E-state index contributed by atoms with van der Waals surface area (Å²) in [6.07, 6.45) is 10.2. The largest absolute Gasteiger partial charge is 0.0620 e. The van der Waals surface area contributed by atoms with Gasteiger partial charge in [-0.1, -0.05) is 48.5 Å². The van der Waals surface area contributed by atoms with Gasteiger partial charge in [-0.3, -0.25) is 0 Å². The van der Waals surface area contributed by atoms with Gasteiger partial charge in [-0.05, 0) is 66.2 Å². The quantitative estimate of drug-likeness (QED) is 0.691. The summed E-state index contributed by atoms with van der Waals surface area (Å²) < 4.78 is 0. The van der Waals surface area contributed by atoms with Crippen LogP contribution in [0.2, 0.25) is 0 Å². The molecule has 2 aliphatic rings. The molecule has 0 saturated carbocycles. The Labute approximate surface area is 121 Å². The van der Waals surface area contributed by atoms with E-state index in [-0.39, 0.29) is 0 Å². The van der Waals surface area contributed by atoms with Gasteiger partial charge in [0, 0.05) is 6.42 Å². The van der Waals surface area contributed by atoms with Crippen LogP contribution in [0.15, 0.2) is 48.5 Å². The van der Waals surface area contributed by atoms with Crippen LogP contribution in [0.3, 0.4) is 0 Å². The third-order valence-electron chi connectivity index (χ3n) is 4.98. The smallest absolute Gasteiger partial charge is 0.0207 e. The van der Waals surface area contributed by atoms with E-state index in [1.807, 2.05) is 0 Å². The summed E-state index contributed by atoms with van der Waals surface area (Å²) in [6, 6.07) is 17.8. The van der Waals surface area contributed by atoms with Gasteiger partial charge >= 0.3 is 0 Å². The van der Waals surface area contributed by atoms with E-state index >= 15 is 0 Å². The first kappa shape index (κ1) is 12.2. The standard InChI is InChI=1S/C20H20/c1-2-8-17-14-18(13-12-15(17)6-1)20-11-5-9-16-7-3-4-10-19(16)20/h1-4,6-8,10,18,20H,5,9,11-13H2. The molecule has 0 amide bonds. The van der Waals surface area contributed by atoms with E-state index in [1.54, 1.807) is 11.1 Å². The van der Waals surface area contributed by atoms with E-state index in [1.165, 1.54) is 43.2 Å². The van der Waals surface area contributed by atoms with Gasteiger partial charge in [0.25, 0.3) is 0 Å². The van der Waals surface area contributed by atoms with E-state index in [9.17, 15) is 0 Å². The number of hydrogen-bond donors (Lipinski definition) is 0. The van der Waals surface area contributed by atoms with E-state index in [2.05, 4.69) is 55.0 Å². The third kappa shape index (κ3) is 2.08. The minimum absolute atomic E-state index is 0.603. The first-order valence-corrected chi connectivity index (χ1v) is 7.84. The molecule has 0 N–H and O–H groups in total. The van der Waals surface area contributed by atoms with Crippen molar-refractivity contribution >= 4 is 0 Å². The second-order valence-electron chi connectivity index (χ2n) is 6.14. The number of hydrogen-bond acceptors (Lipinski definition) is 0. The molecule has 4 rings (SSSR count). The summed E-state index contributed by atoms with van der Waals surface area (Å²) in [7, 11) is 0. The molecule has 0 heteroatoms. The molecule has 2 aromatic rings. The second kappa shape index (κ2) is 5.09. The number of fused-ring (bicyclic) bond motifs is 2. The van der Waals surface area contributed by atoms with Crippen LogP contribution in [0.25, 0.3) is 0 Å². The molecule has 0 bridgehead atoms. The van der Waals surface area contributed by atoms with Crippen LogP contribution in [0.4, 0.5) is 0 Å².